The van der Waals surface area contributed by atoms with Gasteiger partial charge in [-0.25, -0.2) is 9.48 Å². The maximum atomic E-state index is 11.3. The van der Waals surface area contributed by atoms with Gasteiger partial charge in [-0.3, -0.25) is 0 Å². The summed E-state index contributed by atoms with van der Waals surface area (Å²) in [6.45, 7) is 6.20. The van der Waals surface area contributed by atoms with E-state index < -0.39 is 5.97 Å². The Kier molecular flexibility index (Phi) is 4.23. The first-order valence-corrected chi connectivity index (χ1v) is 6.92. The van der Waals surface area contributed by atoms with Gasteiger partial charge in [0.25, 0.3) is 0 Å². The molecule has 1 aromatic heterocycles. The second kappa shape index (κ2) is 5.90. The number of hydrogen-bond acceptors (Lipinski definition) is 2. The van der Waals surface area contributed by atoms with E-state index in [4.69, 9.17) is 0 Å². The Bertz CT molecular complexity index is 629. The van der Waals surface area contributed by atoms with Crippen molar-refractivity contribution < 1.29 is 9.90 Å². The summed E-state index contributed by atoms with van der Waals surface area (Å²) in [6.07, 6.45) is 4.15. The van der Waals surface area contributed by atoms with Gasteiger partial charge in [0.1, 0.15) is 5.56 Å². The second-order valence-corrected chi connectivity index (χ2v) is 5.09. The summed E-state index contributed by atoms with van der Waals surface area (Å²) in [5, 5.41) is 13.5. The minimum absolute atomic E-state index is 0.302. The van der Waals surface area contributed by atoms with E-state index in [0.717, 1.165) is 30.6 Å². The number of carboxylic acids is 1. The molecule has 1 heterocycles. The van der Waals surface area contributed by atoms with E-state index in [2.05, 4.69) is 18.9 Å². The molecule has 0 aliphatic heterocycles. The SMILES string of the molecule is CCCCc1c(C(=O)O)cnn1-c1ccc(C)c(C)c1. The van der Waals surface area contributed by atoms with Crippen LogP contribution in [0, 0.1) is 13.8 Å². The predicted octanol–water partition coefficient (Wildman–Crippen LogP) is 3.53. The number of aromatic carboxylic acids is 1. The molecule has 0 aliphatic rings. The number of unbranched alkanes of at least 4 members (excludes halogenated alkanes) is 1. The van der Waals surface area contributed by atoms with E-state index in [1.165, 1.54) is 17.3 Å². The third-order valence-corrected chi connectivity index (χ3v) is 3.60. The van der Waals surface area contributed by atoms with Crippen molar-refractivity contribution in [2.24, 2.45) is 0 Å². The predicted molar refractivity (Wildman–Crippen MR) is 78.6 cm³/mol. The molecule has 0 aliphatic carbocycles. The first kappa shape index (κ1) is 14.3. The van der Waals surface area contributed by atoms with Crippen LogP contribution in [0.15, 0.2) is 24.4 Å². The maximum Gasteiger partial charge on any atom is 0.339 e. The van der Waals surface area contributed by atoms with Gasteiger partial charge in [0.05, 0.1) is 17.6 Å². The van der Waals surface area contributed by atoms with Crippen LogP contribution in [0.3, 0.4) is 0 Å². The fourth-order valence-corrected chi connectivity index (χ4v) is 2.22. The molecular formula is C16H20N2O2. The highest BCUT2D eigenvalue weighted by Gasteiger charge is 2.17. The zero-order valence-electron chi connectivity index (χ0n) is 12.2. The molecule has 4 heteroatoms. The van der Waals surface area contributed by atoms with Crippen LogP contribution in [0.4, 0.5) is 0 Å². The molecule has 0 bridgehead atoms. The van der Waals surface area contributed by atoms with Gasteiger partial charge in [0.2, 0.25) is 0 Å². The van der Waals surface area contributed by atoms with E-state index in [-0.39, 0.29) is 0 Å². The van der Waals surface area contributed by atoms with Crippen LogP contribution < -0.4 is 0 Å². The largest absolute Gasteiger partial charge is 0.478 e. The lowest BCUT2D eigenvalue weighted by Gasteiger charge is -2.10. The Morgan fingerprint density at radius 3 is 2.65 bits per heavy atom. The van der Waals surface area contributed by atoms with Crippen molar-refractivity contribution >= 4 is 5.97 Å². The van der Waals surface area contributed by atoms with Crippen LogP contribution in [-0.4, -0.2) is 20.9 Å². The number of benzene rings is 1. The lowest BCUT2D eigenvalue weighted by Crippen LogP contribution is -2.07. The normalized spacial score (nSPS) is 10.8. The smallest absolute Gasteiger partial charge is 0.339 e. The Morgan fingerprint density at radius 1 is 1.30 bits per heavy atom. The summed E-state index contributed by atoms with van der Waals surface area (Å²) >= 11 is 0. The zero-order valence-corrected chi connectivity index (χ0v) is 12.2. The Balaban J connectivity index is 2.49. The quantitative estimate of drug-likeness (QED) is 0.905. The van der Waals surface area contributed by atoms with Crippen molar-refractivity contribution in [1.82, 2.24) is 9.78 Å². The number of hydrogen-bond donors (Lipinski definition) is 1. The van der Waals surface area contributed by atoms with Gasteiger partial charge >= 0.3 is 5.97 Å². The van der Waals surface area contributed by atoms with Crippen LogP contribution in [0.2, 0.25) is 0 Å². The third kappa shape index (κ3) is 2.74. The number of nitrogens with zero attached hydrogens (tertiary/aromatic N) is 2. The summed E-state index contributed by atoms with van der Waals surface area (Å²) in [7, 11) is 0. The number of aryl methyl sites for hydroxylation is 2. The summed E-state index contributed by atoms with van der Waals surface area (Å²) < 4.78 is 1.76. The van der Waals surface area contributed by atoms with E-state index in [0.29, 0.717) is 5.56 Å². The molecular weight excluding hydrogens is 252 g/mol. The standard InChI is InChI=1S/C16H20N2O2/c1-4-5-6-15-14(16(19)20)10-17-18(15)13-8-7-11(2)12(3)9-13/h7-10H,4-6H2,1-3H3,(H,19,20). The third-order valence-electron chi connectivity index (χ3n) is 3.60. The lowest BCUT2D eigenvalue weighted by molar-refractivity contribution is 0.0695. The van der Waals surface area contributed by atoms with E-state index in [1.807, 2.05) is 25.1 Å². The number of rotatable bonds is 5. The topological polar surface area (TPSA) is 55.1 Å². The van der Waals surface area contributed by atoms with E-state index in [1.54, 1.807) is 4.68 Å². The Labute approximate surface area is 119 Å². The van der Waals surface area contributed by atoms with E-state index >= 15 is 0 Å². The van der Waals surface area contributed by atoms with Crippen LogP contribution >= 0.6 is 0 Å². The molecule has 0 atom stereocenters. The molecule has 2 aromatic rings. The molecule has 2 rings (SSSR count). The Morgan fingerprint density at radius 2 is 2.05 bits per heavy atom. The molecule has 0 fully saturated rings. The molecule has 1 aromatic carbocycles. The van der Waals surface area contributed by atoms with Crippen molar-refractivity contribution in [3.8, 4) is 5.69 Å². The highest BCUT2D eigenvalue weighted by Crippen LogP contribution is 2.19. The lowest BCUT2D eigenvalue weighted by atomic mass is 10.1. The van der Waals surface area contributed by atoms with Crippen LogP contribution in [0.1, 0.15) is 46.9 Å². The van der Waals surface area contributed by atoms with Gasteiger partial charge in [-0.15, -0.1) is 0 Å². The minimum atomic E-state index is -0.911. The van der Waals surface area contributed by atoms with Crippen molar-refractivity contribution in [2.45, 2.75) is 40.0 Å². The summed E-state index contributed by atoms with van der Waals surface area (Å²) in [6, 6.07) is 6.07. The second-order valence-electron chi connectivity index (χ2n) is 5.09. The molecule has 0 unspecified atom stereocenters. The van der Waals surface area contributed by atoms with Crippen molar-refractivity contribution in [3.63, 3.8) is 0 Å². The number of carbonyl (C=O) groups is 1. The van der Waals surface area contributed by atoms with Gasteiger partial charge in [-0.1, -0.05) is 19.4 Å². The molecule has 0 saturated heterocycles. The number of aromatic nitrogens is 2. The first-order chi connectivity index (χ1) is 9.54. The van der Waals surface area contributed by atoms with Gasteiger partial charge < -0.3 is 5.11 Å². The van der Waals surface area contributed by atoms with Crippen LogP contribution in [-0.2, 0) is 6.42 Å². The summed E-state index contributed by atoms with van der Waals surface area (Å²) in [4.78, 5) is 11.3. The molecule has 0 spiro atoms. The highest BCUT2D eigenvalue weighted by molar-refractivity contribution is 5.88. The van der Waals surface area contributed by atoms with Gasteiger partial charge in [0, 0.05) is 0 Å². The maximum absolute atomic E-state index is 11.3. The average Bonchev–Trinajstić information content (AvgIpc) is 2.83. The van der Waals surface area contributed by atoms with Gasteiger partial charge in [0.15, 0.2) is 0 Å². The molecule has 106 valence electrons. The molecule has 20 heavy (non-hydrogen) atoms. The van der Waals surface area contributed by atoms with Crippen LogP contribution in [0.5, 0.6) is 0 Å². The molecule has 0 radical (unpaired) electrons. The molecule has 1 N–H and O–H groups in total. The van der Waals surface area contributed by atoms with Gasteiger partial charge in [-0.2, -0.15) is 5.10 Å². The summed E-state index contributed by atoms with van der Waals surface area (Å²) in [5.74, 6) is -0.911. The van der Waals surface area contributed by atoms with Crippen molar-refractivity contribution in [3.05, 3.63) is 46.8 Å². The summed E-state index contributed by atoms with van der Waals surface area (Å²) in [5.41, 5.74) is 4.40. The van der Waals surface area contributed by atoms with E-state index in [9.17, 15) is 9.90 Å². The minimum Gasteiger partial charge on any atom is -0.478 e. The average molecular weight is 272 g/mol. The van der Waals surface area contributed by atoms with Crippen LogP contribution in [0.25, 0.3) is 5.69 Å². The monoisotopic (exact) mass is 272 g/mol. The van der Waals surface area contributed by atoms with Gasteiger partial charge in [-0.05, 0) is 49.9 Å². The zero-order chi connectivity index (χ0) is 14.7. The first-order valence-electron chi connectivity index (χ1n) is 6.92. The number of carboxylic acid groups (broad SMARTS) is 1. The fourth-order valence-electron chi connectivity index (χ4n) is 2.22. The van der Waals surface area contributed by atoms with Crippen molar-refractivity contribution in [1.29, 1.82) is 0 Å². The molecule has 0 amide bonds. The Hall–Kier alpha value is -2.10. The van der Waals surface area contributed by atoms with Crippen molar-refractivity contribution in [2.75, 3.05) is 0 Å². The molecule has 0 saturated carbocycles. The fraction of sp³-hybridized carbons (Fsp3) is 0.375. The molecule has 4 nitrogen and oxygen atoms in total. The highest BCUT2D eigenvalue weighted by atomic mass is 16.4.